The zero-order valence-electron chi connectivity index (χ0n) is 14.2. The van der Waals surface area contributed by atoms with Gasteiger partial charge in [0, 0.05) is 32.1 Å². The number of aromatic nitrogens is 2. The lowest BCUT2D eigenvalue weighted by molar-refractivity contribution is -0.122. The molecule has 2 aromatic heterocycles. The second-order valence-corrected chi connectivity index (χ2v) is 6.71. The Kier molecular flexibility index (Phi) is 4.65. The van der Waals surface area contributed by atoms with Crippen molar-refractivity contribution in [3.05, 3.63) is 42.0 Å². The Labute approximate surface area is 147 Å². The molecule has 3 heterocycles. The van der Waals surface area contributed by atoms with Crippen molar-refractivity contribution in [1.29, 1.82) is 0 Å². The summed E-state index contributed by atoms with van der Waals surface area (Å²) in [5.41, 5.74) is 1.12. The van der Waals surface area contributed by atoms with Crippen molar-refractivity contribution in [2.75, 3.05) is 37.6 Å². The third kappa shape index (κ3) is 4.17. The molecule has 1 amide bonds. The summed E-state index contributed by atoms with van der Waals surface area (Å²) in [6.07, 6.45) is 4.10. The number of carbonyl (C=O) groups is 1. The van der Waals surface area contributed by atoms with E-state index in [4.69, 9.17) is 4.42 Å². The second kappa shape index (κ2) is 7.23. The van der Waals surface area contributed by atoms with Gasteiger partial charge in [-0.25, -0.2) is 0 Å². The van der Waals surface area contributed by atoms with Gasteiger partial charge in [0.2, 0.25) is 5.91 Å². The first kappa shape index (κ1) is 16.1. The van der Waals surface area contributed by atoms with Crippen LogP contribution in [0.25, 0.3) is 0 Å². The van der Waals surface area contributed by atoms with Crippen LogP contribution in [0, 0.1) is 0 Å². The zero-order valence-corrected chi connectivity index (χ0v) is 14.2. The normalized spacial score (nSPS) is 18.3. The van der Waals surface area contributed by atoms with E-state index in [2.05, 4.69) is 37.4 Å². The van der Waals surface area contributed by atoms with E-state index in [0.717, 1.165) is 43.5 Å². The highest BCUT2D eigenvalue weighted by molar-refractivity contribution is 5.78. The third-order valence-electron chi connectivity index (χ3n) is 4.77. The molecular weight excluding hydrogens is 318 g/mol. The standard InChI is InChI=1S/C18H23N5O2/c24-18(19-12-15-2-1-11-25-15)13-22-7-9-23(10-8-22)17-6-5-16(20-21-17)14-3-4-14/h1-2,5-6,11,14H,3-4,7-10,12-13H2,(H,19,24). The average Bonchev–Trinajstić information content (AvgIpc) is 3.37. The molecule has 7 heteroatoms. The fourth-order valence-corrected chi connectivity index (χ4v) is 3.09. The predicted molar refractivity (Wildman–Crippen MR) is 93.2 cm³/mol. The monoisotopic (exact) mass is 341 g/mol. The van der Waals surface area contributed by atoms with Crippen LogP contribution in [0.5, 0.6) is 0 Å². The molecule has 1 aliphatic heterocycles. The molecule has 0 spiro atoms. The number of anilines is 1. The molecular formula is C18H23N5O2. The largest absolute Gasteiger partial charge is 0.467 e. The first-order chi connectivity index (χ1) is 12.3. The van der Waals surface area contributed by atoms with E-state index in [1.165, 1.54) is 12.8 Å². The summed E-state index contributed by atoms with van der Waals surface area (Å²) >= 11 is 0. The first-order valence-electron chi connectivity index (χ1n) is 8.88. The van der Waals surface area contributed by atoms with Crippen molar-refractivity contribution in [2.24, 2.45) is 0 Å². The van der Waals surface area contributed by atoms with Crippen molar-refractivity contribution >= 4 is 11.7 Å². The van der Waals surface area contributed by atoms with Gasteiger partial charge in [0.15, 0.2) is 5.82 Å². The third-order valence-corrected chi connectivity index (χ3v) is 4.77. The van der Waals surface area contributed by atoms with Gasteiger partial charge in [0.05, 0.1) is 25.0 Å². The minimum Gasteiger partial charge on any atom is -0.467 e. The number of carbonyl (C=O) groups excluding carboxylic acids is 1. The van der Waals surface area contributed by atoms with E-state index in [1.807, 2.05) is 12.1 Å². The molecule has 2 aromatic rings. The summed E-state index contributed by atoms with van der Waals surface area (Å²) in [5, 5.41) is 11.6. The van der Waals surface area contributed by atoms with Crippen LogP contribution in [0.4, 0.5) is 5.82 Å². The Morgan fingerprint density at radius 3 is 2.64 bits per heavy atom. The Morgan fingerprint density at radius 2 is 2.00 bits per heavy atom. The summed E-state index contributed by atoms with van der Waals surface area (Å²) in [6, 6.07) is 7.86. The highest BCUT2D eigenvalue weighted by Crippen LogP contribution is 2.38. The second-order valence-electron chi connectivity index (χ2n) is 6.71. The molecule has 7 nitrogen and oxygen atoms in total. The van der Waals surface area contributed by atoms with Crippen LogP contribution < -0.4 is 10.2 Å². The molecule has 4 rings (SSSR count). The van der Waals surface area contributed by atoms with Crippen LogP contribution in [0.15, 0.2) is 34.9 Å². The maximum atomic E-state index is 12.0. The van der Waals surface area contributed by atoms with E-state index in [0.29, 0.717) is 19.0 Å². The number of hydrogen-bond acceptors (Lipinski definition) is 6. The number of hydrogen-bond donors (Lipinski definition) is 1. The van der Waals surface area contributed by atoms with Gasteiger partial charge < -0.3 is 14.6 Å². The Balaban J connectivity index is 1.21. The van der Waals surface area contributed by atoms with Gasteiger partial charge in [0.25, 0.3) is 0 Å². The highest BCUT2D eigenvalue weighted by atomic mass is 16.3. The smallest absolute Gasteiger partial charge is 0.234 e. The van der Waals surface area contributed by atoms with Crippen molar-refractivity contribution < 1.29 is 9.21 Å². The van der Waals surface area contributed by atoms with E-state index < -0.39 is 0 Å². The SMILES string of the molecule is O=C(CN1CCN(c2ccc(C3CC3)nn2)CC1)NCc1ccco1. The Bertz CT molecular complexity index is 689. The molecule has 132 valence electrons. The quantitative estimate of drug-likeness (QED) is 0.856. The molecule has 25 heavy (non-hydrogen) atoms. The predicted octanol–water partition coefficient (Wildman–Crippen LogP) is 1.39. The average molecular weight is 341 g/mol. The van der Waals surface area contributed by atoms with E-state index in [9.17, 15) is 4.79 Å². The number of rotatable bonds is 6. The molecule has 1 aliphatic carbocycles. The Morgan fingerprint density at radius 1 is 1.16 bits per heavy atom. The molecule has 2 aliphatic rings. The van der Waals surface area contributed by atoms with Gasteiger partial charge in [-0.2, -0.15) is 5.10 Å². The first-order valence-corrected chi connectivity index (χ1v) is 8.88. The molecule has 0 atom stereocenters. The number of piperazine rings is 1. The summed E-state index contributed by atoms with van der Waals surface area (Å²) < 4.78 is 5.22. The van der Waals surface area contributed by atoms with Crippen LogP contribution in [0.2, 0.25) is 0 Å². The lowest BCUT2D eigenvalue weighted by Gasteiger charge is -2.34. The molecule has 2 fully saturated rings. The minimum absolute atomic E-state index is 0.0263. The van der Waals surface area contributed by atoms with Crippen LogP contribution in [0.1, 0.15) is 30.2 Å². The molecule has 0 aromatic carbocycles. The molecule has 1 saturated heterocycles. The maximum absolute atomic E-state index is 12.0. The van der Waals surface area contributed by atoms with Crippen LogP contribution >= 0.6 is 0 Å². The van der Waals surface area contributed by atoms with Gasteiger partial charge in [-0.3, -0.25) is 9.69 Å². The fourth-order valence-electron chi connectivity index (χ4n) is 3.09. The molecule has 1 saturated carbocycles. The molecule has 0 bridgehead atoms. The van der Waals surface area contributed by atoms with Crippen molar-refractivity contribution in [1.82, 2.24) is 20.4 Å². The van der Waals surface area contributed by atoms with Gasteiger partial charge in [-0.05, 0) is 37.1 Å². The van der Waals surface area contributed by atoms with Gasteiger partial charge in [-0.15, -0.1) is 5.10 Å². The number of nitrogens with zero attached hydrogens (tertiary/aromatic N) is 4. The summed E-state index contributed by atoms with van der Waals surface area (Å²) in [7, 11) is 0. The topological polar surface area (TPSA) is 74.5 Å². The van der Waals surface area contributed by atoms with Crippen LogP contribution in [0.3, 0.4) is 0 Å². The van der Waals surface area contributed by atoms with Crippen LogP contribution in [-0.2, 0) is 11.3 Å². The van der Waals surface area contributed by atoms with Gasteiger partial charge >= 0.3 is 0 Å². The van der Waals surface area contributed by atoms with Crippen molar-refractivity contribution in [2.45, 2.75) is 25.3 Å². The van der Waals surface area contributed by atoms with Crippen LogP contribution in [-0.4, -0.2) is 53.7 Å². The van der Waals surface area contributed by atoms with E-state index in [-0.39, 0.29) is 5.91 Å². The van der Waals surface area contributed by atoms with E-state index in [1.54, 1.807) is 6.26 Å². The number of amides is 1. The number of furan rings is 1. The molecule has 0 unspecified atom stereocenters. The number of nitrogens with one attached hydrogen (secondary N) is 1. The lowest BCUT2D eigenvalue weighted by atomic mass is 10.2. The van der Waals surface area contributed by atoms with E-state index >= 15 is 0 Å². The fraction of sp³-hybridized carbons (Fsp3) is 0.500. The summed E-state index contributed by atoms with van der Waals surface area (Å²) in [4.78, 5) is 16.4. The van der Waals surface area contributed by atoms with Crippen molar-refractivity contribution in [3.8, 4) is 0 Å². The summed E-state index contributed by atoms with van der Waals surface area (Å²) in [5.74, 6) is 2.37. The van der Waals surface area contributed by atoms with Gasteiger partial charge in [0.1, 0.15) is 5.76 Å². The van der Waals surface area contributed by atoms with Gasteiger partial charge in [-0.1, -0.05) is 0 Å². The lowest BCUT2D eigenvalue weighted by Crippen LogP contribution is -2.49. The molecule has 0 radical (unpaired) electrons. The zero-order chi connectivity index (χ0) is 17.1. The Hall–Kier alpha value is -2.41. The molecule has 1 N–H and O–H groups in total. The van der Waals surface area contributed by atoms with Crippen molar-refractivity contribution in [3.63, 3.8) is 0 Å². The summed E-state index contributed by atoms with van der Waals surface area (Å²) in [6.45, 7) is 4.28. The minimum atomic E-state index is 0.0263. The highest BCUT2D eigenvalue weighted by Gasteiger charge is 2.26. The maximum Gasteiger partial charge on any atom is 0.234 e.